The maximum Gasteiger partial charge on any atom is 0.151 e. The summed E-state index contributed by atoms with van der Waals surface area (Å²) in [7, 11) is 2.03. The summed E-state index contributed by atoms with van der Waals surface area (Å²) >= 11 is 0. The number of hydrogen-bond donors (Lipinski definition) is 0. The Morgan fingerprint density at radius 2 is 2.00 bits per heavy atom. The molecule has 0 radical (unpaired) electrons. The molecule has 1 saturated heterocycles. The van der Waals surface area contributed by atoms with Crippen LogP contribution in [-0.2, 0) is 7.05 Å². The summed E-state index contributed by atoms with van der Waals surface area (Å²) in [6.07, 6.45) is 2.62. The van der Waals surface area contributed by atoms with E-state index in [0.29, 0.717) is 0 Å². The number of piperidine rings is 1. The van der Waals surface area contributed by atoms with Gasteiger partial charge in [-0.15, -0.1) is 0 Å². The predicted molar refractivity (Wildman–Crippen MR) is 79.3 cm³/mol. The van der Waals surface area contributed by atoms with Gasteiger partial charge in [0.05, 0.1) is 5.69 Å². The topological polar surface area (TPSA) is 21.1 Å². The molecule has 3 heteroatoms. The van der Waals surface area contributed by atoms with Crippen molar-refractivity contribution in [3.05, 3.63) is 36.4 Å². The quantitative estimate of drug-likeness (QED) is 0.820. The molecule has 1 aliphatic heterocycles. The Bertz CT molecular complexity index is 544. The maximum absolute atomic E-state index is 4.69. The van der Waals surface area contributed by atoms with E-state index in [9.17, 15) is 0 Å². The van der Waals surface area contributed by atoms with Crippen molar-refractivity contribution in [2.75, 3.05) is 18.0 Å². The Balaban J connectivity index is 1.89. The second-order valence-electron chi connectivity index (χ2n) is 5.57. The average molecular weight is 255 g/mol. The van der Waals surface area contributed by atoms with Crippen molar-refractivity contribution in [2.45, 2.75) is 19.8 Å². The van der Waals surface area contributed by atoms with Gasteiger partial charge in [-0.05, 0) is 24.3 Å². The van der Waals surface area contributed by atoms with Crippen LogP contribution >= 0.6 is 0 Å². The van der Waals surface area contributed by atoms with Gasteiger partial charge in [-0.3, -0.25) is 4.68 Å². The van der Waals surface area contributed by atoms with E-state index < -0.39 is 0 Å². The van der Waals surface area contributed by atoms with E-state index in [4.69, 9.17) is 0 Å². The first-order chi connectivity index (χ1) is 9.24. The zero-order valence-electron chi connectivity index (χ0n) is 11.7. The Labute approximate surface area is 114 Å². The molecule has 0 amide bonds. The first kappa shape index (κ1) is 12.3. The van der Waals surface area contributed by atoms with Gasteiger partial charge < -0.3 is 4.90 Å². The first-order valence-electron chi connectivity index (χ1n) is 7.08. The van der Waals surface area contributed by atoms with E-state index >= 15 is 0 Å². The van der Waals surface area contributed by atoms with Crippen LogP contribution in [0.15, 0.2) is 36.4 Å². The minimum absolute atomic E-state index is 0.774. The summed E-state index contributed by atoms with van der Waals surface area (Å²) < 4.78 is 1.99. The smallest absolute Gasteiger partial charge is 0.151 e. The molecule has 0 spiro atoms. The highest BCUT2D eigenvalue weighted by molar-refractivity contribution is 5.63. The predicted octanol–water partition coefficient (Wildman–Crippen LogP) is 3.32. The van der Waals surface area contributed by atoms with Crippen LogP contribution in [0.3, 0.4) is 0 Å². The van der Waals surface area contributed by atoms with E-state index in [0.717, 1.165) is 24.8 Å². The second kappa shape index (κ2) is 5.08. The van der Waals surface area contributed by atoms with Gasteiger partial charge in [0.15, 0.2) is 5.82 Å². The maximum atomic E-state index is 4.69. The molecule has 1 aliphatic rings. The average Bonchev–Trinajstić information content (AvgIpc) is 2.82. The molecule has 0 saturated carbocycles. The molecule has 0 N–H and O–H groups in total. The van der Waals surface area contributed by atoms with Gasteiger partial charge >= 0.3 is 0 Å². The molecule has 1 atom stereocenters. The lowest BCUT2D eigenvalue weighted by atomic mass is 10.0. The lowest BCUT2D eigenvalue weighted by Crippen LogP contribution is -2.34. The first-order valence-corrected chi connectivity index (χ1v) is 7.08. The Morgan fingerprint density at radius 1 is 1.21 bits per heavy atom. The highest BCUT2D eigenvalue weighted by atomic mass is 15.3. The summed E-state index contributed by atoms with van der Waals surface area (Å²) in [6.45, 7) is 4.59. The Morgan fingerprint density at radius 3 is 2.74 bits per heavy atom. The van der Waals surface area contributed by atoms with Crippen LogP contribution in [0.2, 0.25) is 0 Å². The molecular formula is C16H21N3. The zero-order valence-corrected chi connectivity index (χ0v) is 11.7. The van der Waals surface area contributed by atoms with Crippen LogP contribution in [0, 0.1) is 5.92 Å². The van der Waals surface area contributed by atoms with Crippen molar-refractivity contribution >= 4 is 5.82 Å². The molecule has 100 valence electrons. The van der Waals surface area contributed by atoms with Crippen LogP contribution in [-0.4, -0.2) is 22.9 Å². The fraction of sp³-hybridized carbons (Fsp3) is 0.438. The molecule has 1 fully saturated rings. The van der Waals surface area contributed by atoms with Crippen LogP contribution in [0.5, 0.6) is 0 Å². The van der Waals surface area contributed by atoms with Crippen LogP contribution < -0.4 is 4.90 Å². The van der Waals surface area contributed by atoms with Crippen molar-refractivity contribution < 1.29 is 0 Å². The van der Waals surface area contributed by atoms with E-state index in [2.05, 4.69) is 47.3 Å². The number of benzene rings is 1. The standard InChI is InChI=1S/C16H21N3/c1-13-7-6-10-19(12-13)16-11-15(18(2)17-16)14-8-4-3-5-9-14/h3-5,8-9,11,13H,6-7,10,12H2,1-2H3. The van der Waals surface area contributed by atoms with Crippen molar-refractivity contribution in [1.29, 1.82) is 0 Å². The molecule has 2 heterocycles. The van der Waals surface area contributed by atoms with Gasteiger partial charge in [-0.25, -0.2) is 0 Å². The number of rotatable bonds is 2. The molecule has 3 rings (SSSR count). The molecule has 0 aliphatic carbocycles. The molecule has 2 aromatic rings. The molecule has 0 bridgehead atoms. The number of nitrogens with zero attached hydrogens (tertiary/aromatic N) is 3. The molecular weight excluding hydrogens is 234 g/mol. The molecule has 19 heavy (non-hydrogen) atoms. The van der Waals surface area contributed by atoms with Crippen molar-refractivity contribution in [3.8, 4) is 11.3 Å². The summed E-state index contributed by atoms with van der Waals surface area (Å²) in [6, 6.07) is 12.7. The third-order valence-corrected chi connectivity index (χ3v) is 3.92. The Kier molecular flexibility index (Phi) is 3.28. The fourth-order valence-corrected chi connectivity index (χ4v) is 2.88. The SMILES string of the molecule is CC1CCCN(c2cc(-c3ccccc3)n(C)n2)C1. The van der Waals surface area contributed by atoms with Crippen molar-refractivity contribution in [2.24, 2.45) is 13.0 Å². The number of aryl methyl sites for hydroxylation is 1. The molecule has 1 unspecified atom stereocenters. The summed E-state index contributed by atoms with van der Waals surface area (Å²) in [5.74, 6) is 1.89. The minimum Gasteiger partial charge on any atom is -0.355 e. The van der Waals surface area contributed by atoms with Crippen LogP contribution in [0.25, 0.3) is 11.3 Å². The third-order valence-electron chi connectivity index (χ3n) is 3.92. The van der Waals surface area contributed by atoms with Gasteiger partial charge in [0, 0.05) is 26.2 Å². The van der Waals surface area contributed by atoms with E-state index in [1.807, 2.05) is 17.8 Å². The fourth-order valence-electron chi connectivity index (χ4n) is 2.88. The van der Waals surface area contributed by atoms with E-state index in [1.165, 1.54) is 24.1 Å². The third kappa shape index (κ3) is 2.50. The number of aromatic nitrogens is 2. The summed E-state index contributed by atoms with van der Waals surface area (Å²) in [5.41, 5.74) is 2.42. The highest BCUT2D eigenvalue weighted by Gasteiger charge is 2.19. The molecule has 1 aromatic heterocycles. The second-order valence-corrected chi connectivity index (χ2v) is 5.57. The lowest BCUT2D eigenvalue weighted by Gasteiger charge is -2.30. The number of anilines is 1. The monoisotopic (exact) mass is 255 g/mol. The van der Waals surface area contributed by atoms with E-state index in [-0.39, 0.29) is 0 Å². The van der Waals surface area contributed by atoms with Gasteiger partial charge in [0.25, 0.3) is 0 Å². The Hall–Kier alpha value is -1.77. The van der Waals surface area contributed by atoms with Gasteiger partial charge in [-0.2, -0.15) is 5.10 Å². The van der Waals surface area contributed by atoms with Gasteiger partial charge in [-0.1, -0.05) is 37.3 Å². The molecule has 1 aromatic carbocycles. The largest absolute Gasteiger partial charge is 0.355 e. The highest BCUT2D eigenvalue weighted by Crippen LogP contribution is 2.26. The molecule has 3 nitrogen and oxygen atoms in total. The lowest BCUT2D eigenvalue weighted by molar-refractivity contribution is 0.443. The zero-order chi connectivity index (χ0) is 13.2. The minimum atomic E-state index is 0.774. The van der Waals surface area contributed by atoms with Gasteiger partial charge in [0.2, 0.25) is 0 Å². The van der Waals surface area contributed by atoms with Crippen LogP contribution in [0.1, 0.15) is 19.8 Å². The summed E-state index contributed by atoms with van der Waals surface area (Å²) in [5, 5.41) is 4.69. The van der Waals surface area contributed by atoms with Crippen LogP contribution in [0.4, 0.5) is 5.82 Å². The summed E-state index contributed by atoms with van der Waals surface area (Å²) in [4.78, 5) is 2.42. The van der Waals surface area contributed by atoms with Gasteiger partial charge in [0.1, 0.15) is 0 Å². The van der Waals surface area contributed by atoms with E-state index in [1.54, 1.807) is 0 Å². The van der Waals surface area contributed by atoms with Crippen molar-refractivity contribution in [1.82, 2.24) is 9.78 Å². The normalized spacial score (nSPS) is 19.7. The van der Waals surface area contributed by atoms with Crippen molar-refractivity contribution in [3.63, 3.8) is 0 Å². The number of hydrogen-bond acceptors (Lipinski definition) is 2.